The third-order valence-electron chi connectivity index (χ3n) is 4.53. The van der Waals surface area contributed by atoms with Crippen LogP contribution in [0, 0.1) is 20.8 Å². The molecule has 29 heavy (non-hydrogen) atoms. The lowest BCUT2D eigenvalue weighted by Gasteiger charge is -2.15. The van der Waals surface area contributed by atoms with Crippen LogP contribution in [0.1, 0.15) is 35.0 Å². The number of thioether (sulfide) groups is 1. The first-order chi connectivity index (χ1) is 13.9. The van der Waals surface area contributed by atoms with Crippen molar-refractivity contribution in [3.05, 3.63) is 70.3 Å². The summed E-state index contributed by atoms with van der Waals surface area (Å²) in [7, 11) is 0. The molecule has 4 rings (SSSR count). The van der Waals surface area contributed by atoms with Gasteiger partial charge in [0, 0.05) is 5.56 Å². The Morgan fingerprint density at radius 2 is 1.86 bits per heavy atom. The number of hydrogen-bond acceptors (Lipinski definition) is 6. The highest BCUT2D eigenvalue weighted by molar-refractivity contribution is 7.99. The fourth-order valence-electron chi connectivity index (χ4n) is 3.03. The summed E-state index contributed by atoms with van der Waals surface area (Å²) in [4.78, 5) is 4.34. The molecule has 1 atom stereocenters. The van der Waals surface area contributed by atoms with Gasteiger partial charge >= 0.3 is 0 Å². The zero-order valence-electron chi connectivity index (χ0n) is 16.5. The van der Waals surface area contributed by atoms with Crippen molar-refractivity contribution < 1.29 is 4.52 Å². The monoisotopic (exact) mass is 425 g/mol. The Kier molecular flexibility index (Phi) is 5.43. The van der Waals surface area contributed by atoms with Crippen molar-refractivity contribution in [1.29, 1.82) is 0 Å². The molecule has 4 aromatic rings. The van der Waals surface area contributed by atoms with Crippen LogP contribution < -0.4 is 0 Å². The van der Waals surface area contributed by atoms with Gasteiger partial charge in [0.15, 0.2) is 16.8 Å². The van der Waals surface area contributed by atoms with E-state index in [0.29, 0.717) is 22.6 Å². The smallest absolute Gasteiger partial charge is 0.239 e. The van der Waals surface area contributed by atoms with Crippen LogP contribution in [0.3, 0.4) is 0 Å². The van der Waals surface area contributed by atoms with E-state index in [4.69, 9.17) is 16.1 Å². The largest absolute Gasteiger partial charge is 0.338 e. The predicted molar refractivity (Wildman–Crippen MR) is 115 cm³/mol. The van der Waals surface area contributed by atoms with Gasteiger partial charge in [-0.15, -0.1) is 10.2 Å². The molecule has 0 saturated carbocycles. The Morgan fingerprint density at radius 3 is 2.59 bits per heavy atom. The van der Waals surface area contributed by atoms with E-state index >= 15 is 0 Å². The molecule has 8 heteroatoms. The van der Waals surface area contributed by atoms with Crippen molar-refractivity contribution in [2.24, 2.45) is 0 Å². The second kappa shape index (κ2) is 8.00. The summed E-state index contributed by atoms with van der Waals surface area (Å²) < 4.78 is 7.39. The number of nitrogens with zero attached hydrogens (tertiary/aromatic N) is 5. The summed E-state index contributed by atoms with van der Waals surface area (Å²) in [5, 5.41) is 14.1. The minimum absolute atomic E-state index is 0.0802. The van der Waals surface area contributed by atoms with Crippen molar-refractivity contribution in [3.63, 3.8) is 0 Å². The minimum atomic E-state index is -0.0802. The minimum Gasteiger partial charge on any atom is -0.338 e. The number of rotatable bonds is 5. The zero-order chi connectivity index (χ0) is 20.5. The molecule has 2 aromatic heterocycles. The van der Waals surface area contributed by atoms with Crippen LogP contribution in [-0.4, -0.2) is 24.9 Å². The number of aryl methyl sites for hydroxylation is 3. The van der Waals surface area contributed by atoms with Crippen LogP contribution in [0.25, 0.3) is 17.1 Å². The van der Waals surface area contributed by atoms with Crippen molar-refractivity contribution in [2.45, 2.75) is 38.1 Å². The quantitative estimate of drug-likeness (QED) is 0.379. The molecule has 6 nitrogen and oxygen atoms in total. The Bertz CT molecular complexity index is 1170. The summed E-state index contributed by atoms with van der Waals surface area (Å²) in [6, 6.07) is 14.0. The fraction of sp³-hybridized carbons (Fsp3) is 0.238. The van der Waals surface area contributed by atoms with Gasteiger partial charge in [0.05, 0.1) is 16.0 Å². The third-order valence-corrected chi connectivity index (χ3v) is 5.89. The molecule has 0 radical (unpaired) electrons. The zero-order valence-corrected chi connectivity index (χ0v) is 18.1. The molecular weight excluding hydrogens is 406 g/mol. The lowest BCUT2D eigenvalue weighted by molar-refractivity contribution is 0.376. The maximum atomic E-state index is 6.48. The average Bonchev–Trinajstić information content (AvgIpc) is 3.30. The highest BCUT2D eigenvalue weighted by Crippen LogP contribution is 2.38. The van der Waals surface area contributed by atoms with E-state index in [-0.39, 0.29) is 5.25 Å². The maximum absolute atomic E-state index is 6.48. The highest BCUT2D eigenvalue weighted by atomic mass is 35.5. The second-order valence-corrected chi connectivity index (χ2v) is 8.57. The molecule has 0 aliphatic carbocycles. The van der Waals surface area contributed by atoms with Crippen LogP contribution in [0.15, 0.2) is 52.1 Å². The highest BCUT2D eigenvalue weighted by Gasteiger charge is 2.23. The molecular formula is C21H20ClN5OS. The fourth-order valence-corrected chi connectivity index (χ4v) is 4.14. The molecule has 0 bridgehead atoms. The average molecular weight is 426 g/mol. The molecule has 0 spiro atoms. The van der Waals surface area contributed by atoms with Gasteiger partial charge < -0.3 is 4.52 Å². The van der Waals surface area contributed by atoms with Crippen LogP contribution in [0.2, 0.25) is 5.02 Å². The van der Waals surface area contributed by atoms with Crippen LogP contribution >= 0.6 is 23.4 Å². The van der Waals surface area contributed by atoms with Gasteiger partial charge in [-0.1, -0.05) is 52.8 Å². The standard InChI is InChI=1S/C21H20ClN5OS/c1-12-9-10-13(2)18(11-12)27-19(16-7-5-6-8-17(16)22)24-25-21(27)29-14(3)20-23-15(4)26-28-20/h5-11,14H,1-4H3/t14-/m0/s1. The lowest BCUT2D eigenvalue weighted by Crippen LogP contribution is -2.03. The topological polar surface area (TPSA) is 69.6 Å². The normalized spacial score (nSPS) is 12.3. The van der Waals surface area contributed by atoms with E-state index in [1.165, 1.54) is 11.8 Å². The summed E-state index contributed by atoms with van der Waals surface area (Å²) >= 11 is 8.00. The first kappa shape index (κ1) is 19.7. The molecule has 0 saturated heterocycles. The molecule has 0 N–H and O–H groups in total. The first-order valence-electron chi connectivity index (χ1n) is 9.19. The van der Waals surface area contributed by atoms with Gasteiger partial charge in [0.25, 0.3) is 0 Å². The van der Waals surface area contributed by atoms with Gasteiger partial charge in [-0.25, -0.2) is 0 Å². The summed E-state index contributed by atoms with van der Waals surface area (Å²) in [5.74, 6) is 1.86. The Balaban J connectivity index is 1.86. The first-order valence-corrected chi connectivity index (χ1v) is 10.4. The van der Waals surface area contributed by atoms with Crippen molar-refractivity contribution in [1.82, 2.24) is 24.9 Å². The Morgan fingerprint density at radius 1 is 1.07 bits per heavy atom. The number of benzene rings is 2. The van der Waals surface area contributed by atoms with Crippen LogP contribution in [0.5, 0.6) is 0 Å². The molecule has 0 amide bonds. The number of hydrogen-bond donors (Lipinski definition) is 0. The molecule has 148 valence electrons. The van der Waals surface area contributed by atoms with Crippen molar-refractivity contribution in [2.75, 3.05) is 0 Å². The van der Waals surface area contributed by atoms with Crippen molar-refractivity contribution in [3.8, 4) is 17.1 Å². The van der Waals surface area contributed by atoms with Crippen LogP contribution in [-0.2, 0) is 0 Å². The number of halogens is 1. The molecule has 0 unspecified atom stereocenters. The second-order valence-electron chi connectivity index (χ2n) is 6.85. The lowest BCUT2D eigenvalue weighted by atomic mass is 10.1. The molecule has 2 aromatic carbocycles. The van der Waals surface area contributed by atoms with Crippen LogP contribution in [0.4, 0.5) is 0 Å². The Labute approximate surface area is 178 Å². The van der Waals surface area contributed by atoms with Gasteiger partial charge in [0.1, 0.15) is 0 Å². The van der Waals surface area contributed by atoms with E-state index in [9.17, 15) is 0 Å². The maximum Gasteiger partial charge on any atom is 0.239 e. The Hall–Kier alpha value is -2.64. The van der Waals surface area contributed by atoms with E-state index in [2.05, 4.69) is 52.4 Å². The molecule has 2 heterocycles. The van der Waals surface area contributed by atoms with E-state index in [1.807, 2.05) is 35.8 Å². The molecule has 0 fully saturated rings. The van der Waals surface area contributed by atoms with Gasteiger partial charge in [0.2, 0.25) is 5.89 Å². The summed E-state index contributed by atoms with van der Waals surface area (Å²) in [6.07, 6.45) is 0. The van der Waals surface area contributed by atoms with Gasteiger partial charge in [-0.05, 0) is 57.0 Å². The van der Waals surface area contributed by atoms with Gasteiger partial charge in [-0.2, -0.15) is 4.98 Å². The number of aromatic nitrogens is 5. The predicted octanol–water partition coefficient (Wildman–Crippen LogP) is 5.75. The molecule has 0 aliphatic heterocycles. The van der Waals surface area contributed by atoms with E-state index in [1.54, 1.807) is 6.92 Å². The van der Waals surface area contributed by atoms with E-state index < -0.39 is 0 Å². The molecule has 0 aliphatic rings. The third kappa shape index (κ3) is 3.93. The summed E-state index contributed by atoms with van der Waals surface area (Å²) in [5.41, 5.74) is 4.12. The van der Waals surface area contributed by atoms with E-state index in [0.717, 1.165) is 27.5 Å². The summed E-state index contributed by atoms with van der Waals surface area (Å²) in [6.45, 7) is 7.96. The van der Waals surface area contributed by atoms with Crippen molar-refractivity contribution >= 4 is 23.4 Å². The van der Waals surface area contributed by atoms with Gasteiger partial charge in [-0.3, -0.25) is 4.57 Å². The SMILES string of the molecule is Cc1ccc(C)c(-n2c(S[C@@H](C)c3nc(C)no3)nnc2-c2ccccc2Cl)c1.